The minimum absolute atomic E-state index is 0.00575. The molecule has 0 N–H and O–H groups in total. The fraction of sp³-hybridized carbons (Fsp3) is 0.227. The molecule has 0 radical (unpaired) electrons. The third kappa shape index (κ3) is 3.66. The molecule has 1 atom stereocenters. The first kappa shape index (κ1) is 17.9. The second-order valence-corrected chi connectivity index (χ2v) is 8.92. The van der Waals surface area contributed by atoms with Crippen molar-refractivity contribution in [2.75, 3.05) is 6.54 Å². The van der Waals surface area contributed by atoms with Crippen molar-refractivity contribution in [1.82, 2.24) is 9.29 Å². The first-order valence-corrected chi connectivity index (χ1v) is 10.7. The SMILES string of the molecule is Cc1ccc2c(c1)CCN(S(=O)(=O)Cc1ccccc1)C2c1cccnc1. The van der Waals surface area contributed by atoms with Crippen molar-refractivity contribution in [2.24, 2.45) is 0 Å². The molecule has 1 aliphatic rings. The molecule has 27 heavy (non-hydrogen) atoms. The molecule has 0 fully saturated rings. The van der Waals surface area contributed by atoms with Gasteiger partial charge in [-0.3, -0.25) is 4.98 Å². The third-order valence-electron chi connectivity index (χ3n) is 5.03. The maximum atomic E-state index is 13.3. The number of aryl methyl sites for hydroxylation is 1. The van der Waals surface area contributed by atoms with E-state index < -0.39 is 10.0 Å². The molecule has 5 heteroatoms. The Labute approximate surface area is 160 Å². The first-order valence-electron chi connectivity index (χ1n) is 9.07. The summed E-state index contributed by atoms with van der Waals surface area (Å²) in [6.07, 6.45) is 4.21. The number of benzene rings is 2. The molecule has 1 unspecified atom stereocenters. The van der Waals surface area contributed by atoms with Crippen molar-refractivity contribution in [2.45, 2.75) is 25.1 Å². The molecule has 4 rings (SSSR count). The normalized spacial score (nSPS) is 17.4. The van der Waals surface area contributed by atoms with E-state index in [0.29, 0.717) is 6.54 Å². The lowest BCUT2D eigenvalue weighted by Crippen LogP contribution is -2.41. The quantitative estimate of drug-likeness (QED) is 0.692. The summed E-state index contributed by atoms with van der Waals surface area (Å²) in [6.45, 7) is 2.54. The van der Waals surface area contributed by atoms with Gasteiger partial charge in [-0.25, -0.2) is 8.42 Å². The highest BCUT2D eigenvalue weighted by Crippen LogP contribution is 2.37. The lowest BCUT2D eigenvalue weighted by atomic mass is 9.89. The number of pyridine rings is 1. The highest BCUT2D eigenvalue weighted by atomic mass is 32.2. The molecule has 0 saturated heterocycles. The molecule has 4 nitrogen and oxygen atoms in total. The number of aromatic nitrogens is 1. The Morgan fingerprint density at radius 2 is 1.89 bits per heavy atom. The topological polar surface area (TPSA) is 50.3 Å². The van der Waals surface area contributed by atoms with E-state index in [1.165, 1.54) is 11.1 Å². The van der Waals surface area contributed by atoms with Gasteiger partial charge in [-0.1, -0.05) is 60.2 Å². The summed E-state index contributed by atoms with van der Waals surface area (Å²) in [5.41, 5.74) is 5.17. The van der Waals surface area contributed by atoms with Crippen molar-refractivity contribution in [1.29, 1.82) is 0 Å². The molecule has 0 spiro atoms. The average Bonchev–Trinajstić information content (AvgIpc) is 2.68. The maximum Gasteiger partial charge on any atom is 0.219 e. The average molecular weight is 378 g/mol. The van der Waals surface area contributed by atoms with Gasteiger partial charge in [0.05, 0.1) is 11.8 Å². The molecular weight excluding hydrogens is 356 g/mol. The van der Waals surface area contributed by atoms with Crippen molar-refractivity contribution >= 4 is 10.0 Å². The molecule has 0 aliphatic carbocycles. The fourth-order valence-electron chi connectivity index (χ4n) is 3.78. The van der Waals surface area contributed by atoms with Gasteiger partial charge in [0.1, 0.15) is 0 Å². The van der Waals surface area contributed by atoms with Crippen LogP contribution in [0.5, 0.6) is 0 Å². The van der Waals surface area contributed by atoms with Crippen molar-refractivity contribution in [3.63, 3.8) is 0 Å². The molecule has 1 aliphatic heterocycles. The summed E-state index contributed by atoms with van der Waals surface area (Å²) in [4.78, 5) is 4.23. The van der Waals surface area contributed by atoms with E-state index in [1.807, 2.05) is 42.5 Å². The number of sulfonamides is 1. The number of hydrogen-bond acceptors (Lipinski definition) is 3. The Bertz CT molecular complexity index is 1030. The summed E-state index contributed by atoms with van der Waals surface area (Å²) < 4.78 is 28.3. The van der Waals surface area contributed by atoms with E-state index in [1.54, 1.807) is 16.7 Å². The van der Waals surface area contributed by atoms with Crippen LogP contribution in [0.25, 0.3) is 0 Å². The third-order valence-corrected chi connectivity index (χ3v) is 6.84. The highest BCUT2D eigenvalue weighted by Gasteiger charge is 2.36. The molecule has 0 saturated carbocycles. The van der Waals surface area contributed by atoms with E-state index in [-0.39, 0.29) is 11.8 Å². The van der Waals surface area contributed by atoms with Crippen LogP contribution in [-0.4, -0.2) is 24.3 Å². The molecule has 2 heterocycles. The molecular formula is C22H22N2O2S. The Balaban J connectivity index is 1.78. The Kier molecular flexibility index (Phi) is 4.81. The summed E-state index contributed by atoms with van der Waals surface area (Å²) >= 11 is 0. The van der Waals surface area contributed by atoms with Crippen LogP contribution >= 0.6 is 0 Å². The summed E-state index contributed by atoms with van der Waals surface area (Å²) in [5, 5.41) is 0. The second-order valence-electron chi connectivity index (χ2n) is 6.99. The standard InChI is InChI=1S/C22H22N2O2S/c1-17-9-10-21-19(14-17)11-13-24(22(21)20-8-5-12-23-15-20)27(25,26)16-18-6-3-2-4-7-18/h2-10,12,14-15,22H,11,13,16H2,1H3. The predicted molar refractivity (Wildman–Crippen MR) is 107 cm³/mol. The summed E-state index contributed by atoms with van der Waals surface area (Å²) in [7, 11) is -3.48. The molecule has 138 valence electrons. The van der Waals surface area contributed by atoms with Gasteiger partial charge < -0.3 is 0 Å². The molecule has 0 bridgehead atoms. The van der Waals surface area contributed by atoms with E-state index in [0.717, 1.165) is 23.1 Å². The Morgan fingerprint density at radius 3 is 2.63 bits per heavy atom. The number of rotatable bonds is 4. The van der Waals surface area contributed by atoms with Crippen LogP contribution in [0.2, 0.25) is 0 Å². The second kappa shape index (κ2) is 7.25. The minimum Gasteiger partial charge on any atom is -0.264 e. The maximum absolute atomic E-state index is 13.3. The first-order chi connectivity index (χ1) is 13.0. The van der Waals surface area contributed by atoms with Gasteiger partial charge in [-0.2, -0.15) is 4.31 Å². The van der Waals surface area contributed by atoms with Gasteiger partial charge in [-0.05, 0) is 41.7 Å². The van der Waals surface area contributed by atoms with Crippen LogP contribution in [-0.2, 0) is 22.2 Å². The van der Waals surface area contributed by atoms with Crippen LogP contribution in [0.15, 0.2) is 73.1 Å². The predicted octanol–water partition coefficient (Wildman–Crippen LogP) is 3.87. The van der Waals surface area contributed by atoms with E-state index in [9.17, 15) is 8.42 Å². The number of hydrogen-bond donors (Lipinski definition) is 0. The van der Waals surface area contributed by atoms with Gasteiger partial charge in [0.2, 0.25) is 10.0 Å². The molecule has 1 aromatic heterocycles. The van der Waals surface area contributed by atoms with E-state index in [4.69, 9.17) is 0 Å². The van der Waals surface area contributed by atoms with Gasteiger partial charge in [-0.15, -0.1) is 0 Å². The Hall–Kier alpha value is -2.50. The van der Waals surface area contributed by atoms with Crippen molar-refractivity contribution < 1.29 is 8.42 Å². The van der Waals surface area contributed by atoms with Crippen LogP contribution in [0.4, 0.5) is 0 Å². The van der Waals surface area contributed by atoms with E-state index >= 15 is 0 Å². The molecule has 3 aromatic rings. The number of fused-ring (bicyclic) bond motifs is 1. The van der Waals surface area contributed by atoms with Gasteiger partial charge in [0, 0.05) is 18.9 Å². The van der Waals surface area contributed by atoms with Crippen LogP contribution in [0.3, 0.4) is 0 Å². The van der Waals surface area contributed by atoms with Gasteiger partial charge in [0.25, 0.3) is 0 Å². The zero-order valence-electron chi connectivity index (χ0n) is 15.2. The summed E-state index contributed by atoms with van der Waals surface area (Å²) in [6, 6.07) is 19.1. The monoisotopic (exact) mass is 378 g/mol. The lowest BCUT2D eigenvalue weighted by Gasteiger charge is -2.36. The molecule has 2 aromatic carbocycles. The van der Waals surface area contributed by atoms with Gasteiger partial charge in [0.15, 0.2) is 0 Å². The minimum atomic E-state index is -3.48. The van der Waals surface area contributed by atoms with Crippen LogP contribution in [0.1, 0.15) is 33.9 Å². The van der Waals surface area contributed by atoms with Crippen LogP contribution in [0, 0.1) is 6.92 Å². The van der Waals surface area contributed by atoms with Crippen LogP contribution < -0.4 is 0 Å². The molecule has 0 amide bonds. The highest BCUT2D eigenvalue weighted by molar-refractivity contribution is 7.88. The number of nitrogens with zero attached hydrogens (tertiary/aromatic N) is 2. The smallest absolute Gasteiger partial charge is 0.219 e. The fourth-order valence-corrected chi connectivity index (χ4v) is 5.49. The van der Waals surface area contributed by atoms with Gasteiger partial charge >= 0.3 is 0 Å². The zero-order valence-corrected chi connectivity index (χ0v) is 16.1. The van der Waals surface area contributed by atoms with Crippen molar-refractivity contribution in [3.05, 3.63) is 101 Å². The van der Waals surface area contributed by atoms with Crippen molar-refractivity contribution in [3.8, 4) is 0 Å². The zero-order chi connectivity index (χ0) is 18.9. The van der Waals surface area contributed by atoms with E-state index in [2.05, 4.69) is 30.1 Å². The lowest BCUT2D eigenvalue weighted by molar-refractivity contribution is 0.343. The Morgan fingerprint density at radius 1 is 1.07 bits per heavy atom. The largest absolute Gasteiger partial charge is 0.264 e. The summed E-state index contributed by atoms with van der Waals surface area (Å²) in [5.74, 6) is 0.00575.